The third-order valence-electron chi connectivity index (χ3n) is 7.39. The van der Waals surface area contributed by atoms with Crippen LogP contribution in [0.1, 0.15) is 36.6 Å². The lowest BCUT2D eigenvalue weighted by atomic mass is 9.94. The molecule has 2 aliphatic heterocycles. The van der Waals surface area contributed by atoms with Crippen LogP contribution < -0.4 is 19.4 Å². The van der Waals surface area contributed by atoms with Crippen molar-refractivity contribution in [1.29, 1.82) is 0 Å². The zero-order valence-electron chi connectivity index (χ0n) is 22.3. The van der Waals surface area contributed by atoms with Gasteiger partial charge in [0.05, 0.1) is 23.8 Å². The molecule has 2 aliphatic rings. The first kappa shape index (κ1) is 25.4. The standard InChI is InChI=1S/C31H33N3O4/c1-5-33(6-2)23-13-10-21(11-14-23)28-27(30(36)31(37)34(28)24-9-7-8-20(3)18-24)29(35)22-12-15-26-25(19-22)32(4)16-17-38-26/h7-15,18-19,28,35H,5-6,16-17H2,1-4H3/b29-27-. The van der Waals surface area contributed by atoms with Crippen LogP contribution in [0.5, 0.6) is 5.75 Å². The van der Waals surface area contributed by atoms with Gasteiger partial charge >= 0.3 is 0 Å². The number of hydrogen-bond acceptors (Lipinski definition) is 6. The van der Waals surface area contributed by atoms with Crippen LogP contribution in [0, 0.1) is 6.92 Å². The van der Waals surface area contributed by atoms with Crippen LogP contribution in [0.4, 0.5) is 17.1 Å². The van der Waals surface area contributed by atoms with Gasteiger partial charge in [0.2, 0.25) is 0 Å². The number of ether oxygens (including phenoxy) is 1. The lowest BCUT2D eigenvalue weighted by Gasteiger charge is -2.28. The number of likely N-dealkylation sites (N-methyl/N-ethyl adjacent to an activating group) is 1. The van der Waals surface area contributed by atoms with Crippen molar-refractivity contribution in [3.63, 3.8) is 0 Å². The van der Waals surface area contributed by atoms with Crippen molar-refractivity contribution in [3.8, 4) is 5.75 Å². The number of carbonyl (C=O) groups is 2. The molecule has 0 bridgehead atoms. The Morgan fingerprint density at radius 1 is 1.03 bits per heavy atom. The summed E-state index contributed by atoms with van der Waals surface area (Å²) in [5.41, 5.74) is 4.76. The number of aryl methyl sites for hydroxylation is 1. The Labute approximate surface area is 223 Å². The molecule has 2 heterocycles. The summed E-state index contributed by atoms with van der Waals surface area (Å²) in [5, 5.41) is 11.6. The number of aliphatic hydroxyl groups is 1. The smallest absolute Gasteiger partial charge is 0.300 e. The van der Waals surface area contributed by atoms with Crippen LogP contribution in [0.3, 0.4) is 0 Å². The van der Waals surface area contributed by atoms with E-state index in [2.05, 4.69) is 18.7 Å². The lowest BCUT2D eigenvalue weighted by Crippen LogP contribution is -2.29. The Morgan fingerprint density at radius 3 is 2.45 bits per heavy atom. The number of carbonyl (C=O) groups excluding carboxylic acids is 2. The molecule has 0 aromatic heterocycles. The van der Waals surface area contributed by atoms with Crippen molar-refractivity contribution in [1.82, 2.24) is 0 Å². The van der Waals surface area contributed by atoms with Gasteiger partial charge in [0.15, 0.2) is 0 Å². The molecule has 3 aromatic rings. The number of anilines is 3. The molecular weight excluding hydrogens is 478 g/mol. The zero-order chi connectivity index (χ0) is 27.0. The fourth-order valence-corrected chi connectivity index (χ4v) is 5.30. The van der Waals surface area contributed by atoms with E-state index in [1.54, 1.807) is 12.1 Å². The van der Waals surface area contributed by atoms with E-state index in [0.717, 1.165) is 41.3 Å². The molecular formula is C31H33N3O4. The number of hydrogen-bond donors (Lipinski definition) is 1. The van der Waals surface area contributed by atoms with E-state index < -0.39 is 17.7 Å². The zero-order valence-corrected chi connectivity index (χ0v) is 22.3. The van der Waals surface area contributed by atoms with Gasteiger partial charge in [-0.1, -0.05) is 24.3 Å². The van der Waals surface area contributed by atoms with E-state index >= 15 is 0 Å². The van der Waals surface area contributed by atoms with Gasteiger partial charge in [0.25, 0.3) is 11.7 Å². The molecule has 0 saturated carbocycles. The Kier molecular flexibility index (Phi) is 6.85. The molecule has 0 radical (unpaired) electrons. The third-order valence-corrected chi connectivity index (χ3v) is 7.39. The molecule has 0 aliphatic carbocycles. The number of benzene rings is 3. The normalized spacial score (nSPS) is 18.4. The summed E-state index contributed by atoms with van der Waals surface area (Å²) in [5.74, 6) is -0.838. The number of ketones is 1. The first-order valence-electron chi connectivity index (χ1n) is 13.0. The summed E-state index contributed by atoms with van der Waals surface area (Å²) >= 11 is 0. The predicted molar refractivity (Wildman–Crippen MR) is 151 cm³/mol. The second kappa shape index (κ2) is 10.2. The highest BCUT2D eigenvalue weighted by Crippen LogP contribution is 2.43. The molecule has 5 rings (SSSR count). The second-order valence-corrected chi connectivity index (χ2v) is 9.72. The number of fused-ring (bicyclic) bond motifs is 1. The van der Waals surface area contributed by atoms with Crippen molar-refractivity contribution in [2.45, 2.75) is 26.8 Å². The van der Waals surface area contributed by atoms with E-state index in [1.807, 2.05) is 73.5 Å². The summed E-state index contributed by atoms with van der Waals surface area (Å²) in [6, 6.07) is 20.0. The molecule has 38 heavy (non-hydrogen) atoms. The highest BCUT2D eigenvalue weighted by Gasteiger charge is 2.47. The fraction of sp³-hybridized carbons (Fsp3) is 0.290. The predicted octanol–water partition coefficient (Wildman–Crippen LogP) is 5.30. The van der Waals surface area contributed by atoms with E-state index in [1.165, 1.54) is 4.90 Å². The van der Waals surface area contributed by atoms with Gasteiger partial charge in [-0.15, -0.1) is 0 Å². The maximum Gasteiger partial charge on any atom is 0.300 e. The van der Waals surface area contributed by atoms with Crippen LogP contribution in [0.25, 0.3) is 5.76 Å². The topological polar surface area (TPSA) is 73.3 Å². The average molecular weight is 512 g/mol. The molecule has 7 heteroatoms. The van der Waals surface area contributed by atoms with Gasteiger partial charge in [-0.05, 0) is 74.4 Å². The monoisotopic (exact) mass is 511 g/mol. The molecule has 1 atom stereocenters. The minimum Gasteiger partial charge on any atom is -0.507 e. The summed E-state index contributed by atoms with van der Waals surface area (Å²) in [4.78, 5) is 32.8. The summed E-state index contributed by atoms with van der Waals surface area (Å²) < 4.78 is 5.75. The van der Waals surface area contributed by atoms with Crippen molar-refractivity contribution in [2.24, 2.45) is 0 Å². The number of rotatable bonds is 6. The molecule has 3 aromatic carbocycles. The van der Waals surface area contributed by atoms with Crippen molar-refractivity contribution in [3.05, 3.63) is 89.0 Å². The van der Waals surface area contributed by atoms with E-state index in [-0.39, 0.29) is 11.3 Å². The molecule has 1 fully saturated rings. The molecule has 7 nitrogen and oxygen atoms in total. The van der Waals surface area contributed by atoms with Gasteiger partial charge < -0.3 is 19.6 Å². The summed E-state index contributed by atoms with van der Waals surface area (Å²) in [6.45, 7) is 9.19. The van der Waals surface area contributed by atoms with Crippen LogP contribution in [-0.2, 0) is 9.59 Å². The molecule has 196 valence electrons. The molecule has 1 saturated heterocycles. The SMILES string of the molecule is CCN(CC)c1ccc(C2/C(=C(/O)c3ccc4c(c3)N(C)CCO4)C(=O)C(=O)N2c2cccc(C)c2)cc1. The Balaban J connectivity index is 1.67. The van der Waals surface area contributed by atoms with E-state index in [4.69, 9.17) is 4.74 Å². The maximum absolute atomic E-state index is 13.5. The molecule has 1 N–H and O–H groups in total. The van der Waals surface area contributed by atoms with E-state index in [9.17, 15) is 14.7 Å². The first-order chi connectivity index (χ1) is 18.3. The van der Waals surface area contributed by atoms with Crippen molar-refractivity contribution in [2.75, 3.05) is 48.0 Å². The number of amides is 1. The van der Waals surface area contributed by atoms with Crippen LogP contribution in [0.15, 0.2) is 72.3 Å². The summed E-state index contributed by atoms with van der Waals surface area (Å²) in [7, 11) is 1.96. The summed E-state index contributed by atoms with van der Waals surface area (Å²) in [6.07, 6.45) is 0. The molecule has 1 unspecified atom stereocenters. The van der Waals surface area contributed by atoms with Gasteiger partial charge in [-0.25, -0.2) is 0 Å². The van der Waals surface area contributed by atoms with E-state index in [0.29, 0.717) is 24.4 Å². The second-order valence-electron chi connectivity index (χ2n) is 9.72. The fourth-order valence-electron chi connectivity index (χ4n) is 5.30. The van der Waals surface area contributed by atoms with Crippen LogP contribution in [-0.4, -0.2) is 50.1 Å². The quantitative estimate of drug-likeness (QED) is 0.275. The van der Waals surface area contributed by atoms with Gasteiger partial charge in [-0.2, -0.15) is 0 Å². The third kappa shape index (κ3) is 4.38. The van der Waals surface area contributed by atoms with Crippen molar-refractivity contribution >= 4 is 34.5 Å². The number of nitrogens with zero attached hydrogens (tertiary/aromatic N) is 3. The van der Waals surface area contributed by atoms with Gasteiger partial charge in [0, 0.05) is 37.1 Å². The Morgan fingerprint density at radius 2 is 1.76 bits per heavy atom. The molecule has 1 amide bonds. The largest absolute Gasteiger partial charge is 0.507 e. The maximum atomic E-state index is 13.5. The lowest BCUT2D eigenvalue weighted by molar-refractivity contribution is -0.132. The number of aliphatic hydroxyl groups excluding tert-OH is 1. The average Bonchev–Trinajstić information content (AvgIpc) is 3.19. The van der Waals surface area contributed by atoms with Crippen molar-refractivity contribution < 1.29 is 19.4 Å². The Hall–Kier alpha value is -4.26. The van der Waals surface area contributed by atoms with Crippen LogP contribution in [0.2, 0.25) is 0 Å². The number of Topliss-reactive ketones (excluding diaryl/α,β-unsaturated/α-hetero) is 1. The van der Waals surface area contributed by atoms with Crippen LogP contribution >= 0.6 is 0 Å². The minimum atomic E-state index is -0.771. The highest BCUT2D eigenvalue weighted by molar-refractivity contribution is 6.51. The Bertz CT molecular complexity index is 1410. The molecule has 0 spiro atoms. The highest BCUT2D eigenvalue weighted by atomic mass is 16.5. The first-order valence-corrected chi connectivity index (χ1v) is 13.0. The van der Waals surface area contributed by atoms with Gasteiger partial charge in [0.1, 0.15) is 18.1 Å². The van der Waals surface area contributed by atoms with Gasteiger partial charge in [-0.3, -0.25) is 14.5 Å². The minimum absolute atomic E-state index is 0.0754.